The zero-order valence-corrected chi connectivity index (χ0v) is 16.9. The van der Waals surface area contributed by atoms with Gasteiger partial charge in [0, 0.05) is 11.3 Å². The van der Waals surface area contributed by atoms with Crippen LogP contribution < -0.4 is 5.32 Å². The zero-order valence-electron chi connectivity index (χ0n) is 16.1. The molecule has 0 aliphatic heterocycles. The molecule has 27 heavy (non-hydrogen) atoms. The minimum Gasteiger partial charge on any atom is -0.320 e. The van der Waals surface area contributed by atoms with Crippen LogP contribution in [0.25, 0.3) is 0 Å². The summed E-state index contributed by atoms with van der Waals surface area (Å²) >= 11 is 1.35. The van der Waals surface area contributed by atoms with Gasteiger partial charge in [-0.25, -0.2) is 8.78 Å². The molecule has 0 spiro atoms. The molecule has 0 radical (unpaired) electrons. The second-order valence-corrected chi connectivity index (χ2v) is 7.91. The van der Waals surface area contributed by atoms with Crippen molar-refractivity contribution in [1.29, 1.82) is 0 Å². The van der Waals surface area contributed by atoms with Crippen molar-refractivity contribution in [3.05, 3.63) is 63.7 Å². The largest absolute Gasteiger partial charge is 0.320 e. The van der Waals surface area contributed by atoms with E-state index in [1.165, 1.54) is 17.8 Å². The summed E-state index contributed by atoms with van der Waals surface area (Å²) in [6.45, 7) is 9.02. The lowest BCUT2D eigenvalue weighted by molar-refractivity contribution is -0.115. The Bertz CT molecular complexity index is 876. The highest BCUT2D eigenvalue weighted by molar-refractivity contribution is 7.99. The Morgan fingerprint density at radius 3 is 2.26 bits per heavy atom. The molecule has 0 aromatic heterocycles. The number of halogens is 2. The van der Waals surface area contributed by atoms with Crippen molar-refractivity contribution in [2.24, 2.45) is 0 Å². The van der Waals surface area contributed by atoms with Crippen LogP contribution in [-0.2, 0) is 10.5 Å². The van der Waals surface area contributed by atoms with Gasteiger partial charge in [0.1, 0.15) is 17.3 Å². The topological polar surface area (TPSA) is 46.2 Å². The molecule has 0 saturated carbocycles. The van der Waals surface area contributed by atoms with Crippen LogP contribution in [-0.4, -0.2) is 16.9 Å². The van der Waals surface area contributed by atoms with Gasteiger partial charge in [-0.1, -0.05) is 12.1 Å². The highest BCUT2D eigenvalue weighted by Gasteiger charge is 2.20. The van der Waals surface area contributed by atoms with Gasteiger partial charge in [0.05, 0.1) is 5.25 Å². The number of amides is 1. The van der Waals surface area contributed by atoms with Crippen LogP contribution in [0.2, 0.25) is 0 Å². The molecule has 0 fully saturated rings. The fraction of sp³-hybridized carbons (Fsp3) is 0.333. The van der Waals surface area contributed by atoms with Crippen molar-refractivity contribution < 1.29 is 18.4 Å². The molecule has 144 valence electrons. The number of Topliss-reactive ketones (excluding diaryl/α,β-unsaturated/α-hetero) is 1. The summed E-state index contributed by atoms with van der Waals surface area (Å²) in [6, 6.07) is 5.41. The van der Waals surface area contributed by atoms with Gasteiger partial charge in [0.25, 0.3) is 0 Å². The molecular formula is C21H23F2NO2S. The smallest absolute Gasteiger partial charge is 0.237 e. The normalized spacial score (nSPS) is 12.0. The number of hydrogen-bond acceptors (Lipinski definition) is 3. The van der Waals surface area contributed by atoms with Gasteiger partial charge in [0.15, 0.2) is 5.78 Å². The van der Waals surface area contributed by atoms with Crippen LogP contribution in [0.3, 0.4) is 0 Å². The van der Waals surface area contributed by atoms with Crippen molar-refractivity contribution >= 4 is 29.1 Å². The number of thioether (sulfide) groups is 1. The Balaban J connectivity index is 2.14. The molecule has 2 rings (SSSR count). The third kappa shape index (κ3) is 4.75. The maximum Gasteiger partial charge on any atom is 0.237 e. The SMILES string of the molecule is CC(=O)c1c(C)cc(C)c(CSC(C)C(=O)Nc2c(F)cccc2F)c1C. The number of hydrogen-bond donors (Lipinski definition) is 1. The lowest BCUT2D eigenvalue weighted by atomic mass is 9.92. The van der Waals surface area contributed by atoms with Gasteiger partial charge >= 0.3 is 0 Å². The predicted octanol–water partition coefficient (Wildman–Crippen LogP) is 5.35. The van der Waals surface area contributed by atoms with Crippen LogP contribution in [0.4, 0.5) is 14.5 Å². The Labute approximate surface area is 162 Å². The Hall–Kier alpha value is -2.21. The molecule has 0 heterocycles. The number of carbonyl (C=O) groups excluding carboxylic acids is 2. The van der Waals surface area contributed by atoms with Crippen molar-refractivity contribution in [2.75, 3.05) is 5.32 Å². The molecule has 1 unspecified atom stereocenters. The van der Waals surface area contributed by atoms with E-state index in [4.69, 9.17) is 0 Å². The van der Waals surface area contributed by atoms with Crippen molar-refractivity contribution in [3.8, 4) is 0 Å². The van der Waals surface area contributed by atoms with Crippen LogP contribution in [0.5, 0.6) is 0 Å². The average Bonchev–Trinajstić information content (AvgIpc) is 2.56. The number of carbonyl (C=O) groups is 2. The first-order chi connectivity index (χ1) is 12.6. The summed E-state index contributed by atoms with van der Waals surface area (Å²) in [6.07, 6.45) is 0. The predicted molar refractivity (Wildman–Crippen MR) is 106 cm³/mol. The quantitative estimate of drug-likeness (QED) is 0.675. The van der Waals surface area contributed by atoms with Gasteiger partial charge < -0.3 is 5.32 Å². The van der Waals surface area contributed by atoms with Crippen LogP contribution >= 0.6 is 11.8 Å². The molecule has 1 atom stereocenters. The highest BCUT2D eigenvalue weighted by atomic mass is 32.2. The molecule has 6 heteroatoms. The van der Waals surface area contributed by atoms with Gasteiger partial charge in [-0.3, -0.25) is 9.59 Å². The fourth-order valence-electron chi connectivity index (χ4n) is 3.12. The van der Waals surface area contributed by atoms with Crippen LogP contribution in [0.1, 0.15) is 46.5 Å². The molecule has 2 aromatic rings. The van der Waals surface area contributed by atoms with Gasteiger partial charge in [-0.15, -0.1) is 11.8 Å². The van der Waals surface area contributed by atoms with E-state index < -0.39 is 28.5 Å². The number of para-hydroxylation sites is 1. The molecule has 2 aromatic carbocycles. The summed E-state index contributed by atoms with van der Waals surface area (Å²) in [5, 5.41) is 1.80. The minimum absolute atomic E-state index is 0.0112. The summed E-state index contributed by atoms with van der Waals surface area (Å²) in [7, 11) is 0. The Morgan fingerprint density at radius 1 is 1.11 bits per heavy atom. The maximum atomic E-state index is 13.7. The molecule has 0 bridgehead atoms. The third-order valence-electron chi connectivity index (χ3n) is 4.54. The molecule has 0 saturated heterocycles. The standard InChI is InChI=1S/C21H23F2NO2S/c1-11-9-12(2)19(14(4)25)13(3)16(11)10-27-15(5)21(26)24-20-17(22)7-6-8-18(20)23/h6-9,15H,10H2,1-5H3,(H,24,26). The number of ketones is 1. The van der Waals surface area contributed by atoms with Gasteiger partial charge in [-0.2, -0.15) is 0 Å². The van der Waals surface area contributed by atoms with E-state index in [-0.39, 0.29) is 5.78 Å². The first kappa shape index (κ1) is 21.1. The fourth-order valence-corrected chi connectivity index (χ4v) is 4.19. The second kappa shape index (κ2) is 8.65. The molecule has 0 aliphatic carbocycles. The second-order valence-electron chi connectivity index (χ2n) is 6.58. The molecule has 0 aliphatic rings. The van der Waals surface area contributed by atoms with E-state index in [1.807, 2.05) is 26.8 Å². The van der Waals surface area contributed by atoms with Crippen LogP contribution in [0.15, 0.2) is 24.3 Å². The number of nitrogens with one attached hydrogen (secondary N) is 1. The maximum absolute atomic E-state index is 13.7. The monoisotopic (exact) mass is 391 g/mol. The molecular weight excluding hydrogens is 368 g/mol. The molecule has 3 nitrogen and oxygen atoms in total. The van der Waals surface area contributed by atoms with E-state index in [2.05, 4.69) is 5.32 Å². The van der Waals surface area contributed by atoms with E-state index >= 15 is 0 Å². The molecule has 1 N–H and O–H groups in total. The zero-order chi connectivity index (χ0) is 20.3. The van der Waals surface area contributed by atoms with Gasteiger partial charge in [0.2, 0.25) is 5.91 Å². The number of rotatable bonds is 6. The van der Waals surface area contributed by atoms with E-state index in [0.29, 0.717) is 11.3 Å². The lowest BCUT2D eigenvalue weighted by Crippen LogP contribution is -2.24. The highest BCUT2D eigenvalue weighted by Crippen LogP contribution is 2.29. The first-order valence-electron chi connectivity index (χ1n) is 8.60. The number of anilines is 1. The van der Waals surface area contributed by atoms with Crippen molar-refractivity contribution in [2.45, 2.75) is 45.6 Å². The summed E-state index contributed by atoms with van der Waals surface area (Å²) in [4.78, 5) is 24.2. The van der Waals surface area contributed by atoms with E-state index in [1.54, 1.807) is 13.8 Å². The summed E-state index contributed by atoms with van der Waals surface area (Å²) in [5.41, 5.74) is 4.19. The Kier molecular flexibility index (Phi) is 6.76. The Morgan fingerprint density at radius 2 is 1.70 bits per heavy atom. The molecule has 1 amide bonds. The average molecular weight is 391 g/mol. The minimum atomic E-state index is -0.808. The van der Waals surface area contributed by atoms with E-state index in [0.717, 1.165) is 34.4 Å². The summed E-state index contributed by atoms with van der Waals surface area (Å²) < 4.78 is 27.4. The summed E-state index contributed by atoms with van der Waals surface area (Å²) in [5.74, 6) is -1.56. The lowest BCUT2D eigenvalue weighted by Gasteiger charge is -2.18. The van der Waals surface area contributed by atoms with E-state index in [9.17, 15) is 18.4 Å². The third-order valence-corrected chi connectivity index (χ3v) is 5.71. The first-order valence-corrected chi connectivity index (χ1v) is 9.65. The van der Waals surface area contributed by atoms with Crippen molar-refractivity contribution in [1.82, 2.24) is 0 Å². The van der Waals surface area contributed by atoms with Gasteiger partial charge in [-0.05, 0) is 69.0 Å². The van der Waals surface area contributed by atoms with Crippen molar-refractivity contribution in [3.63, 3.8) is 0 Å². The number of aryl methyl sites for hydroxylation is 2. The van der Waals surface area contributed by atoms with Crippen LogP contribution in [0, 0.1) is 32.4 Å². The number of benzene rings is 2.